The van der Waals surface area contributed by atoms with Crippen LogP contribution in [0.4, 0.5) is 0 Å². The number of rotatable bonds is 8. The highest BCUT2D eigenvalue weighted by Gasteiger charge is 2.19. The van der Waals surface area contributed by atoms with Crippen LogP contribution < -0.4 is 5.73 Å². The molecule has 1 aromatic carbocycles. The number of carboxylic acid groups (broad SMARTS) is 1. The van der Waals surface area contributed by atoms with Crippen molar-refractivity contribution in [3.63, 3.8) is 0 Å². The predicted octanol–water partition coefficient (Wildman–Crippen LogP) is 5.18. The molecule has 0 spiro atoms. The van der Waals surface area contributed by atoms with E-state index in [2.05, 4.69) is 45.0 Å². The molecule has 1 aromatic heterocycles. The molecule has 1 heterocycles. The zero-order valence-corrected chi connectivity index (χ0v) is 19.3. The normalized spacial score (nSPS) is 10.4. The van der Waals surface area contributed by atoms with Gasteiger partial charge in [0.15, 0.2) is 0 Å². The molecule has 3 N–H and O–H groups in total. The van der Waals surface area contributed by atoms with Gasteiger partial charge in [0.2, 0.25) is 0 Å². The van der Waals surface area contributed by atoms with Crippen molar-refractivity contribution in [2.75, 3.05) is 5.75 Å². The number of aliphatic carboxylic acids is 1. The van der Waals surface area contributed by atoms with Gasteiger partial charge in [0.05, 0.1) is 5.75 Å². The molecule has 0 radical (unpaired) electrons. The average molecular weight is 445 g/mol. The summed E-state index contributed by atoms with van der Waals surface area (Å²) in [5, 5.41) is 8.97. The zero-order chi connectivity index (χ0) is 19.3. The lowest BCUT2D eigenvalue weighted by Gasteiger charge is -2.21. The van der Waals surface area contributed by atoms with Gasteiger partial charge in [-0.3, -0.25) is 9.78 Å². The minimum absolute atomic E-state index is 0. The van der Waals surface area contributed by atoms with Gasteiger partial charge in [-0.15, -0.1) is 36.6 Å². The molecule has 0 aliphatic heterocycles. The Morgan fingerprint density at radius 2 is 1.75 bits per heavy atom. The molecule has 0 atom stereocenters. The monoisotopic (exact) mass is 444 g/mol. The molecule has 28 heavy (non-hydrogen) atoms. The van der Waals surface area contributed by atoms with Crippen LogP contribution in [0.5, 0.6) is 0 Å². The average Bonchev–Trinajstić information content (AvgIpc) is 2.56. The highest BCUT2D eigenvalue weighted by molar-refractivity contribution is 7.99. The maximum absolute atomic E-state index is 10.9. The highest BCUT2D eigenvalue weighted by atomic mass is 35.5. The predicted molar refractivity (Wildman–Crippen MR) is 124 cm³/mol. The third kappa shape index (κ3) is 6.96. The van der Waals surface area contributed by atoms with Crippen molar-refractivity contribution >= 4 is 42.5 Å². The van der Waals surface area contributed by atoms with Gasteiger partial charge < -0.3 is 10.8 Å². The number of aromatic nitrogens is 1. The fraction of sp³-hybridized carbons (Fsp3) is 0.429. The summed E-state index contributed by atoms with van der Waals surface area (Å²) in [6.07, 6.45) is 0.884. The Hall–Kier alpha value is -1.27. The van der Waals surface area contributed by atoms with E-state index in [0.717, 1.165) is 40.1 Å². The summed E-state index contributed by atoms with van der Waals surface area (Å²) < 4.78 is 0. The second-order valence-corrected chi connectivity index (χ2v) is 8.02. The Labute approximate surface area is 184 Å². The molecule has 156 valence electrons. The first-order valence-electron chi connectivity index (χ1n) is 8.91. The van der Waals surface area contributed by atoms with Crippen LogP contribution in [0.2, 0.25) is 0 Å². The number of hydrogen-bond donors (Lipinski definition) is 2. The number of thioether (sulfide) groups is 1. The van der Waals surface area contributed by atoms with E-state index < -0.39 is 5.97 Å². The molecular weight excluding hydrogens is 415 g/mol. The lowest BCUT2D eigenvalue weighted by Crippen LogP contribution is -2.13. The lowest BCUT2D eigenvalue weighted by atomic mass is 9.90. The Morgan fingerprint density at radius 1 is 1.14 bits per heavy atom. The molecule has 2 rings (SSSR count). The van der Waals surface area contributed by atoms with Crippen molar-refractivity contribution in [1.29, 1.82) is 0 Å². The summed E-state index contributed by atoms with van der Waals surface area (Å²) in [5.74, 6) is 0.389. The van der Waals surface area contributed by atoms with E-state index in [-0.39, 0.29) is 30.6 Å². The maximum atomic E-state index is 10.9. The first kappa shape index (κ1) is 26.7. The SMILES string of the molecule is Cc1ccc(-c2c(CSCC(=O)O)c(C)nc(CC(C)C)c2CN)cc1.Cl.Cl. The summed E-state index contributed by atoms with van der Waals surface area (Å²) in [6, 6.07) is 8.44. The summed E-state index contributed by atoms with van der Waals surface area (Å²) in [5.41, 5.74) is 13.8. The van der Waals surface area contributed by atoms with Gasteiger partial charge in [0, 0.05) is 23.7 Å². The molecule has 7 heteroatoms. The fourth-order valence-corrected chi connectivity index (χ4v) is 3.94. The number of nitrogens with two attached hydrogens (primary N) is 1. The number of carboxylic acids is 1. The number of benzene rings is 1. The fourth-order valence-electron chi connectivity index (χ4n) is 3.11. The van der Waals surface area contributed by atoms with Gasteiger partial charge in [0.1, 0.15) is 0 Å². The van der Waals surface area contributed by atoms with Gasteiger partial charge >= 0.3 is 5.97 Å². The summed E-state index contributed by atoms with van der Waals surface area (Å²) in [7, 11) is 0. The Bertz CT molecular complexity index is 781. The molecule has 0 amide bonds. The standard InChI is InChI=1S/C21H28N2O2S.2ClH/c1-13(2)9-19-17(10-22)21(16-7-5-14(3)6-8-16)18(15(4)23-19)11-26-12-20(24)25;;/h5-8,13H,9-12,22H2,1-4H3,(H,24,25);2*1H. The van der Waals surface area contributed by atoms with Crippen LogP contribution in [0.3, 0.4) is 0 Å². The molecule has 0 aliphatic carbocycles. The van der Waals surface area contributed by atoms with E-state index in [4.69, 9.17) is 15.8 Å². The van der Waals surface area contributed by atoms with Gasteiger partial charge in [-0.05, 0) is 48.4 Å². The second kappa shape index (κ2) is 12.3. The van der Waals surface area contributed by atoms with Gasteiger partial charge in [0.25, 0.3) is 0 Å². The van der Waals surface area contributed by atoms with E-state index in [1.807, 2.05) is 6.92 Å². The van der Waals surface area contributed by atoms with E-state index in [1.54, 1.807) is 0 Å². The first-order valence-corrected chi connectivity index (χ1v) is 10.1. The Morgan fingerprint density at radius 3 is 2.25 bits per heavy atom. The largest absolute Gasteiger partial charge is 0.481 e. The van der Waals surface area contributed by atoms with Crippen molar-refractivity contribution < 1.29 is 9.90 Å². The highest BCUT2D eigenvalue weighted by Crippen LogP contribution is 2.34. The van der Waals surface area contributed by atoms with Gasteiger partial charge in [-0.2, -0.15) is 0 Å². The molecular formula is C21H30Cl2N2O2S. The van der Waals surface area contributed by atoms with Crippen LogP contribution in [-0.4, -0.2) is 21.8 Å². The van der Waals surface area contributed by atoms with E-state index >= 15 is 0 Å². The zero-order valence-electron chi connectivity index (χ0n) is 16.8. The Balaban J connectivity index is 0.00000364. The summed E-state index contributed by atoms with van der Waals surface area (Å²) in [4.78, 5) is 15.8. The van der Waals surface area contributed by atoms with Crippen molar-refractivity contribution in [3.05, 3.63) is 52.3 Å². The number of aryl methyl sites for hydroxylation is 2. The third-order valence-corrected chi connectivity index (χ3v) is 5.25. The second-order valence-electron chi connectivity index (χ2n) is 7.03. The quantitative estimate of drug-likeness (QED) is 0.585. The summed E-state index contributed by atoms with van der Waals surface area (Å²) >= 11 is 1.40. The molecule has 0 bridgehead atoms. The number of halogens is 2. The number of hydrogen-bond acceptors (Lipinski definition) is 4. The molecule has 0 saturated heterocycles. The van der Waals surface area contributed by atoms with E-state index in [1.165, 1.54) is 17.3 Å². The topological polar surface area (TPSA) is 76.2 Å². The summed E-state index contributed by atoms with van der Waals surface area (Å²) in [6.45, 7) is 8.87. The molecule has 0 fully saturated rings. The van der Waals surface area contributed by atoms with Crippen LogP contribution in [-0.2, 0) is 23.5 Å². The van der Waals surface area contributed by atoms with Crippen molar-refractivity contribution in [1.82, 2.24) is 4.98 Å². The Kier molecular flexibility index (Phi) is 11.8. The third-order valence-electron chi connectivity index (χ3n) is 4.31. The van der Waals surface area contributed by atoms with E-state index in [9.17, 15) is 4.79 Å². The maximum Gasteiger partial charge on any atom is 0.313 e. The van der Waals surface area contributed by atoms with Gasteiger partial charge in [-0.25, -0.2) is 0 Å². The number of nitrogens with zero attached hydrogens (tertiary/aromatic N) is 1. The number of pyridine rings is 1. The van der Waals surface area contributed by atoms with Crippen molar-refractivity contribution in [2.45, 2.75) is 46.4 Å². The van der Waals surface area contributed by atoms with Gasteiger partial charge in [-0.1, -0.05) is 43.7 Å². The molecule has 2 aromatic rings. The minimum atomic E-state index is -0.798. The molecule has 0 unspecified atom stereocenters. The van der Waals surface area contributed by atoms with E-state index in [0.29, 0.717) is 18.2 Å². The van der Waals surface area contributed by atoms with Crippen LogP contribution in [0.1, 0.15) is 41.9 Å². The number of carbonyl (C=O) groups is 1. The lowest BCUT2D eigenvalue weighted by molar-refractivity contribution is -0.133. The smallest absolute Gasteiger partial charge is 0.313 e. The molecule has 0 aliphatic rings. The molecule has 0 saturated carbocycles. The van der Waals surface area contributed by atoms with Crippen LogP contribution in [0, 0.1) is 19.8 Å². The van der Waals surface area contributed by atoms with Crippen LogP contribution >= 0.6 is 36.6 Å². The van der Waals surface area contributed by atoms with Crippen molar-refractivity contribution in [2.24, 2.45) is 11.7 Å². The first-order chi connectivity index (χ1) is 12.3. The van der Waals surface area contributed by atoms with Crippen LogP contribution in [0.15, 0.2) is 24.3 Å². The molecule has 4 nitrogen and oxygen atoms in total. The minimum Gasteiger partial charge on any atom is -0.481 e. The van der Waals surface area contributed by atoms with Crippen LogP contribution in [0.25, 0.3) is 11.1 Å². The van der Waals surface area contributed by atoms with Crippen molar-refractivity contribution in [3.8, 4) is 11.1 Å².